The second-order valence-electron chi connectivity index (χ2n) is 7.83. The van der Waals surface area contributed by atoms with Gasteiger partial charge in [0.1, 0.15) is 17.1 Å². The number of carbonyl (C=O) groups excluding carboxylic acids is 2. The number of aromatic nitrogens is 1. The molecule has 0 saturated carbocycles. The van der Waals surface area contributed by atoms with Crippen molar-refractivity contribution in [3.05, 3.63) is 114 Å². The van der Waals surface area contributed by atoms with E-state index >= 15 is 0 Å². The zero-order valence-corrected chi connectivity index (χ0v) is 19.6. The fourth-order valence-electron chi connectivity index (χ4n) is 3.80. The zero-order chi connectivity index (χ0) is 25.1. The third kappa shape index (κ3) is 4.51. The van der Waals surface area contributed by atoms with Crippen molar-refractivity contribution >= 4 is 40.9 Å². The molecule has 3 aromatic carbocycles. The molecular weight excluding hydrogens is 472 g/mol. The SMILES string of the molecule is N#Cc1cccc(-n2cccc2C=C2C(=O)NC(=S)N(c3ccc(Oc4ccccc4)cc3)C2=O)c1. The molecule has 0 aliphatic carbocycles. The summed E-state index contributed by atoms with van der Waals surface area (Å²) in [6, 6.07) is 28.9. The number of nitrogens with zero attached hydrogens (tertiary/aromatic N) is 3. The van der Waals surface area contributed by atoms with Gasteiger partial charge in [-0.3, -0.25) is 19.8 Å². The van der Waals surface area contributed by atoms with Gasteiger partial charge < -0.3 is 9.30 Å². The quantitative estimate of drug-likeness (QED) is 0.242. The highest BCUT2D eigenvalue weighted by Gasteiger charge is 2.34. The summed E-state index contributed by atoms with van der Waals surface area (Å²) in [5.74, 6) is 0.163. The Labute approximate surface area is 212 Å². The van der Waals surface area contributed by atoms with E-state index < -0.39 is 11.8 Å². The lowest BCUT2D eigenvalue weighted by molar-refractivity contribution is -0.122. The van der Waals surface area contributed by atoms with Crippen LogP contribution in [0.15, 0.2) is 103 Å². The molecule has 1 saturated heterocycles. The molecule has 0 radical (unpaired) electrons. The van der Waals surface area contributed by atoms with Crippen LogP contribution in [0.25, 0.3) is 11.8 Å². The Bertz CT molecular complexity index is 1550. The third-order valence-corrected chi connectivity index (χ3v) is 5.79. The fraction of sp³-hybridized carbons (Fsp3) is 0. The van der Waals surface area contributed by atoms with Gasteiger partial charge in [-0.25, -0.2) is 0 Å². The number of anilines is 1. The number of ether oxygens (including phenoxy) is 1. The third-order valence-electron chi connectivity index (χ3n) is 5.50. The van der Waals surface area contributed by atoms with Gasteiger partial charge >= 0.3 is 0 Å². The summed E-state index contributed by atoms with van der Waals surface area (Å²) in [5, 5.41) is 11.8. The number of nitriles is 1. The molecule has 1 aromatic heterocycles. The van der Waals surface area contributed by atoms with E-state index in [1.807, 2.05) is 36.4 Å². The molecule has 1 aliphatic heterocycles. The van der Waals surface area contributed by atoms with Crippen molar-refractivity contribution in [3.63, 3.8) is 0 Å². The number of carbonyl (C=O) groups is 2. The number of hydrogen-bond donors (Lipinski definition) is 1. The molecule has 1 N–H and O–H groups in total. The normalized spacial score (nSPS) is 14.5. The minimum Gasteiger partial charge on any atom is -0.457 e. The van der Waals surface area contributed by atoms with Gasteiger partial charge in [0.05, 0.1) is 17.3 Å². The summed E-state index contributed by atoms with van der Waals surface area (Å²) in [7, 11) is 0. The van der Waals surface area contributed by atoms with Crippen LogP contribution in [0.2, 0.25) is 0 Å². The van der Waals surface area contributed by atoms with Crippen LogP contribution in [0.1, 0.15) is 11.3 Å². The molecule has 0 spiro atoms. The Kier molecular flexibility index (Phi) is 6.14. The lowest BCUT2D eigenvalue weighted by atomic mass is 10.1. The monoisotopic (exact) mass is 490 g/mol. The smallest absolute Gasteiger partial charge is 0.270 e. The van der Waals surface area contributed by atoms with Gasteiger partial charge in [0.15, 0.2) is 5.11 Å². The van der Waals surface area contributed by atoms with Gasteiger partial charge in [-0.15, -0.1) is 0 Å². The van der Waals surface area contributed by atoms with Crippen LogP contribution in [-0.2, 0) is 9.59 Å². The van der Waals surface area contributed by atoms with Gasteiger partial charge in [-0.1, -0.05) is 24.3 Å². The minimum atomic E-state index is -0.580. The second kappa shape index (κ2) is 9.70. The van der Waals surface area contributed by atoms with E-state index in [-0.39, 0.29) is 10.7 Å². The van der Waals surface area contributed by atoms with Crippen molar-refractivity contribution in [1.82, 2.24) is 9.88 Å². The predicted octanol–water partition coefficient (Wildman–Crippen LogP) is 4.97. The molecule has 8 heteroatoms. The van der Waals surface area contributed by atoms with Crippen molar-refractivity contribution < 1.29 is 14.3 Å². The Hall–Kier alpha value is -5.00. The van der Waals surface area contributed by atoms with E-state index in [1.54, 1.807) is 65.4 Å². The van der Waals surface area contributed by atoms with Crippen molar-refractivity contribution in [2.75, 3.05) is 4.90 Å². The van der Waals surface area contributed by atoms with E-state index in [1.165, 1.54) is 11.0 Å². The Morgan fingerprint density at radius 1 is 0.861 bits per heavy atom. The van der Waals surface area contributed by atoms with Crippen molar-refractivity contribution in [2.45, 2.75) is 0 Å². The highest BCUT2D eigenvalue weighted by atomic mass is 32.1. The Morgan fingerprint density at radius 3 is 2.36 bits per heavy atom. The molecule has 2 heterocycles. The summed E-state index contributed by atoms with van der Waals surface area (Å²) in [6.45, 7) is 0. The van der Waals surface area contributed by atoms with Crippen LogP contribution in [0, 0.1) is 11.3 Å². The number of hydrogen-bond acceptors (Lipinski definition) is 5. The second-order valence-corrected chi connectivity index (χ2v) is 8.22. The minimum absolute atomic E-state index is 0.00372. The van der Waals surface area contributed by atoms with Gasteiger partial charge in [-0.05, 0) is 85.0 Å². The molecule has 7 nitrogen and oxygen atoms in total. The van der Waals surface area contributed by atoms with E-state index in [4.69, 9.17) is 17.0 Å². The Morgan fingerprint density at radius 2 is 1.61 bits per heavy atom. The van der Waals surface area contributed by atoms with E-state index in [2.05, 4.69) is 11.4 Å². The van der Waals surface area contributed by atoms with Crippen LogP contribution >= 0.6 is 12.2 Å². The summed E-state index contributed by atoms with van der Waals surface area (Å²) in [4.78, 5) is 27.4. The van der Waals surface area contributed by atoms with Crippen molar-refractivity contribution in [2.24, 2.45) is 0 Å². The number of para-hydroxylation sites is 1. The van der Waals surface area contributed by atoms with Crippen LogP contribution in [0.5, 0.6) is 11.5 Å². The Balaban J connectivity index is 1.44. The molecule has 1 aliphatic rings. The van der Waals surface area contributed by atoms with Crippen molar-refractivity contribution in [3.8, 4) is 23.3 Å². The zero-order valence-electron chi connectivity index (χ0n) is 18.8. The molecule has 0 atom stereocenters. The number of amides is 2. The molecule has 4 aromatic rings. The maximum absolute atomic E-state index is 13.4. The topological polar surface area (TPSA) is 87.4 Å². The van der Waals surface area contributed by atoms with Gasteiger partial charge in [0.25, 0.3) is 11.8 Å². The van der Waals surface area contributed by atoms with Crippen LogP contribution in [0.4, 0.5) is 5.69 Å². The fourth-order valence-corrected chi connectivity index (χ4v) is 4.08. The lowest BCUT2D eigenvalue weighted by Gasteiger charge is -2.29. The first-order valence-electron chi connectivity index (χ1n) is 11.0. The van der Waals surface area contributed by atoms with Gasteiger partial charge in [0, 0.05) is 17.6 Å². The number of benzene rings is 3. The predicted molar refractivity (Wildman–Crippen MR) is 140 cm³/mol. The summed E-state index contributed by atoms with van der Waals surface area (Å²) >= 11 is 5.31. The van der Waals surface area contributed by atoms with Gasteiger partial charge in [-0.2, -0.15) is 5.26 Å². The molecule has 2 amide bonds. The largest absolute Gasteiger partial charge is 0.457 e. The maximum atomic E-state index is 13.4. The molecule has 0 bridgehead atoms. The number of thiocarbonyl (C=S) groups is 1. The standard InChI is InChI=1S/C28H18N4O3S/c29-18-19-6-4-7-21(16-19)31-15-5-8-22(31)17-25-26(33)30-28(36)32(27(25)34)20-11-13-24(14-12-20)35-23-9-2-1-3-10-23/h1-17H,(H,30,33,36). The highest BCUT2D eigenvalue weighted by Crippen LogP contribution is 2.27. The highest BCUT2D eigenvalue weighted by molar-refractivity contribution is 7.80. The van der Waals surface area contributed by atoms with Crippen molar-refractivity contribution in [1.29, 1.82) is 5.26 Å². The van der Waals surface area contributed by atoms with E-state index in [0.29, 0.717) is 28.4 Å². The van der Waals surface area contributed by atoms with Gasteiger partial charge in [0.2, 0.25) is 0 Å². The molecule has 5 rings (SSSR count). The molecule has 174 valence electrons. The average Bonchev–Trinajstić information content (AvgIpc) is 3.36. The van der Waals surface area contributed by atoms with E-state index in [0.717, 1.165) is 5.69 Å². The first-order chi connectivity index (χ1) is 17.5. The first-order valence-corrected chi connectivity index (χ1v) is 11.4. The maximum Gasteiger partial charge on any atom is 0.270 e. The number of nitrogens with one attached hydrogen (secondary N) is 1. The average molecular weight is 491 g/mol. The number of rotatable bonds is 5. The molecule has 36 heavy (non-hydrogen) atoms. The lowest BCUT2D eigenvalue weighted by Crippen LogP contribution is -2.54. The molecule has 1 fully saturated rings. The summed E-state index contributed by atoms with van der Waals surface area (Å²) in [6.07, 6.45) is 3.31. The molecule has 0 unspecified atom stereocenters. The van der Waals surface area contributed by atoms with E-state index in [9.17, 15) is 14.9 Å². The van der Waals surface area contributed by atoms with Crippen LogP contribution in [-0.4, -0.2) is 21.5 Å². The van der Waals surface area contributed by atoms with Crippen LogP contribution < -0.4 is 15.0 Å². The molecular formula is C28H18N4O3S. The summed E-state index contributed by atoms with van der Waals surface area (Å²) < 4.78 is 7.61. The van der Waals surface area contributed by atoms with Crippen LogP contribution in [0.3, 0.4) is 0 Å². The first kappa shape index (κ1) is 22.8. The summed E-state index contributed by atoms with van der Waals surface area (Å²) in [5.41, 5.74) is 2.26.